The average Bonchev–Trinajstić information content (AvgIpc) is 3.26. The maximum Gasteiger partial charge on any atom is 0.243 e. The molecule has 1 aliphatic rings. The van der Waals surface area contributed by atoms with Crippen molar-refractivity contribution in [2.75, 3.05) is 13.7 Å². The molecule has 0 bridgehead atoms. The molecule has 2 aromatic carbocycles. The number of sulfonamides is 1. The number of nitrogens with zero attached hydrogens (tertiary/aromatic N) is 4. The van der Waals surface area contributed by atoms with Crippen LogP contribution in [0.1, 0.15) is 44.7 Å². The molecular formula is C23H29N5O4S. The molecule has 0 saturated carbocycles. The first kappa shape index (κ1) is 23.2. The molecule has 1 N–H and O–H groups in total. The topological polar surface area (TPSA) is 106 Å². The zero-order valence-corrected chi connectivity index (χ0v) is 19.9. The molecule has 33 heavy (non-hydrogen) atoms. The van der Waals surface area contributed by atoms with Crippen LogP contribution in [0, 0.1) is 0 Å². The van der Waals surface area contributed by atoms with E-state index in [4.69, 9.17) is 4.74 Å². The molecule has 0 aliphatic carbocycles. The number of hydrogen-bond acceptors (Lipinski definition) is 6. The first-order chi connectivity index (χ1) is 15.8. The summed E-state index contributed by atoms with van der Waals surface area (Å²) in [6.07, 6.45) is 1.99. The Labute approximate surface area is 193 Å². The Kier molecular flexibility index (Phi) is 6.66. The molecule has 0 radical (unpaired) electrons. The molecule has 9 nitrogen and oxygen atoms in total. The molecule has 10 heteroatoms. The fourth-order valence-electron chi connectivity index (χ4n) is 4.14. The third-order valence-electron chi connectivity index (χ3n) is 5.90. The monoisotopic (exact) mass is 471 g/mol. The van der Waals surface area contributed by atoms with E-state index in [1.165, 1.54) is 10.4 Å². The van der Waals surface area contributed by atoms with Gasteiger partial charge in [-0.15, -0.1) is 5.10 Å². The van der Waals surface area contributed by atoms with Gasteiger partial charge in [0.2, 0.25) is 15.9 Å². The number of piperidine rings is 1. The number of hydrogen-bond donors (Lipinski definition) is 1. The highest BCUT2D eigenvalue weighted by Crippen LogP contribution is 2.28. The highest BCUT2D eigenvalue weighted by Gasteiger charge is 2.37. The molecule has 0 unspecified atom stereocenters. The predicted octanol–water partition coefficient (Wildman–Crippen LogP) is 2.88. The standard InChI is InChI=1S/C23H29N5O4S/c1-16(2)28-21-11-10-19(14-20(21)25-26-28)33(30,31)27-12-5-4-9-22(27)23(29)24-15-17-7-6-8-18(13-17)32-3/h6-8,10-11,13-14,16,22H,4-5,9,12,15H2,1-3H3,(H,24,29)/t22-/m0/s1. The third kappa shape index (κ3) is 4.72. The van der Waals surface area contributed by atoms with Crippen LogP contribution in [0.5, 0.6) is 5.75 Å². The van der Waals surface area contributed by atoms with Crippen LogP contribution in [-0.4, -0.2) is 53.3 Å². The van der Waals surface area contributed by atoms with Gasteiger partial charge in [0.15, 0.2) is 0 Å². The molecule has 0 spiro atoms. The van der Waals surface area contributed by atoms with Crippen LogP contribution in [0.4, 0.5) is 0 Å². The van der Waals surface area contributed by atoms with Crippen molar-refractivity contribution in [3.8, 4) is 5.75 Å². The van der Waals surface area contributed by atoms with Gasteiger partial charge in [-0.1, -0.05) is 23.8 Å². The van der Waals surface area contributed by atoms with E-state index in [0.29, 0.717) is 37.2 Å². The van der Waals surface area contributed by atoms with Gasteiger partial charge in [-0.05, 0) is 62.6 Å². The molecule has 3 aromatic rings. The van der Waals surface area contributed by atoms with Gasteiger partial charge in [-0.3, -0.25) is 4.79 Å². The Hall–Kier alpha value is -2.98. The minimum atomic E-state index is -3.88. The molecule has 1 aromatic heterocycles. The second kappa shape index (κ2) is 9.48. The van der Waals surface area contributed by atoms with E-state index >= 15 is 0 Å². The van der Waals surface area contributed by atoms with Crippen molar-refractivity contribution in [2.24, 2.45) is 0 Å². The van der Waals surface area contributed by atoms with Crippen molar-refractivity contribution in [3.05, 3.63) is 48.0 Å². The van der Waals surface area contributed by atoms with Crippen LogP contribution in [0.25, 0.3) is 11.0 Å². The number of amides is 1. The number of rotatable bonds is 7. The molecule has 4 rings (SSSR count). The van der Waals surface area contributed by atoms with E-state index in [2.05, 4.69) is 15.6 Å². The number of methoxy groups -OCH3 is 1. The van der Waals surface area contributed by atoms with Crippen molar-refractivity contribution < 1.29 is 17.9 Å². The minimum Gasteiger partial charge on any atom is -0.497 e. The summed E-state index contributed by atoms with van der Waals surface area (Å²) in [6, 6.07) is 11.6. The molecule has 2 heterocycles. The average molecular weight is 472 g/mol. The van der Waals surface area contributed by atoms with Crippen LogP contribution < -0.4 is 10.1 Å². The molecule has 1 saturated heterocycles. The Morgan fingerprint density at radius 3 is 2.79 bits per heavy atom. The number of nitrogens with one attached hydrogen (secondary N) is 1. The zero-order chi connectivity index (χ0) is 23.6. The van der Waals surface area contributed by atoms with Crippen LogP contribution in [0.3, 0.4) is 0 Å². The first-order valence-corrected chi connectivity index (χ1v) is 12.5. The van der Waals surface area contributed by atoms with Gasteiger partial charge in [0, 0.05) is 19.1 Å². The lowest BCUT2D eigenvalue weighted by atomic mass is 10.0. The summed E-state index contributed by atoms with van der Waals surface area (Å²) in [5.41, 5.74) is 2.17. The molecule has 1 fully saturated rings. The third-order valence-corrected chi connectivity index (χ3v) is 7.80. The summed E-state index contributed by atoms with van der Waals surface area (Å²) in [6.45, 7) is 4.57. The minimum absolute atomic E-state index is 0.109. The zero-order valence-electron chi connectivity index (χ0n) is 19.1. The van der Waals surface area contributed by atoms with Crippen LogP contribution in [-0.2, 0) is 21.4 Å². The molecule has 176 valence electrons. The van der Waals surface area contributed by atoms with Crippen LogP contribution >= 0.6 is 0 Å². The van der Waals surface area contributed by atoms with E-state index in [1.54, 1.807) is 23.9 Å². The fraction of sp³-hybridized carbons (Fsp3) is 0.435. The molecule has 1 aliphatic heterocycles. The lowest BCUT2D eigenvalue weighted by Crippen LogP contribution is -2.51. The van der Waals surface area contributed by atoms with E-state index in [9.17, 15) is 13.2 Å². The van der Waals surface area contributed by atoms with Gasteiger partial charge in [-0.2, -0.15) is 4.31 Å². The number of carbonyl (C=O) groups is 1. The van der Waals surface area contributed by atoms with Gasteiger partial charge in [-0.25, -0.2) is 13.1 Å². The van der Waals surface area contributed by atoms with Crippen molar-refractivity contribution in [1.82, 2.24) is 24.6 Å². The molecule has 1 amide bonds. The summed E-state index contributed by atoms with van der Waals surface area (Å²) < 4.78 is 35.3. The predicted molar refractivity (Wildman–Crippen MR) is 124 cm³/mol. The highest BCUT2D eigenvalue weighted by atomic mass is 32.2. The number of fused-ring (bicyclic) bond motifs is 1. The molecule has 1 atom stereocenters. The van der Waals surface area contributed by atoms with Crippen LogP contribution in [0.15, 0.2) is 47.4 Å². The maximum absolute atomic E-state index is 13.5. The lowest BCUT2D eigenvalue weighted by molar-refractivity contribution is -0.125. The van der Waals surface area contributed by atoms with Crippen molar-refractivity contribution in [3.63, 3.8) is 0 Å². The van der Waals surface area contributed by atoms with Gasteiger partial charge < -0.3 is 10.1 Å². The van der Waals surface area contributed by atoms with Gasteiger partial charge in [0.1, 0.15) is 17.3 Å². The first-order valence-electron chi connectivity index (χ1n) is 11.1. The SMILES string of the molecule is COc1cccc(CNC(=O)[C@@H]2CCCCN2S(=O)(=O)c2ccc3c(c2)nnn3C(C)C)c1. The highest BCUT2D eigenvalue weighted by molar-refractivity contribution is 7.89. The van der Waals surface area contributed by atoms with Crippen molar-refractivity contribution in [1.29, 1.82) is 0 Å². The van der Waals surface area contributed by atoms with Gasteiger partial charge in [0.25, 0.3) is 0 Å². The lowest BCUT2D eigenvalue weighted by Gasteiger charge is -2.33. The number of aromatic nitrogens is 3. The second-order valence-corrected chi connectivity index (χ2v) is 10.4. The molecular weight excluding hydrogens is 442 g/mol. The van der Waals surface area contributed by atoms with Crippen molar-refractivity contribution >= 4 is 27.0 Å². The quantitative estimate of drug-likeness (QED) is 0.568. The number of ether oxygens (including phenoxy) is 1. The number of benzene rings is 2. The Balaban J connectivity index is 1.55. The van der Waals surface area contributed by atoms with E-state index in [-0.39, 0.29) is 16.8 Å². The summed E-state index contributed by atoms with van der Waals surface area (Å²) in [5.74, 6) is 0.404. The van der Waals surface area contributed by atoms with Crippen LogP contribution in [0.2, 0.25) is 0 Å². The van der Waals surface area contributed by atoms with Crippen molar-refractivity contribution in [2.45, 2.75) is 56.6 Å². The smallest absolute Gasteiger partial charge is 0.243 e. The summed E-state index contributed by atoms with van der Waals surface area (Å²) in [7, 11) is -2.29. The maximum atomic E-state index is 13.5. The van der Waals surface area contributed by atoms with Gasteiger partial charge >= 0.3 is 0 Å². The fourth-order valence-corrected chi connectivity index (χ4v) is 5.82. The van der Waals surface area contributed by atoms with Gasteiger partial charge in [0.05, 0.1) is 17.5 Å². The Morgan fingerprint density at radius 1 is 1.21 bits per heavy atom. The number of carbonyl (C=O) groups excluding carboxylic acids is 1. The largest absolute Gasteiger partial charge is 0.497 e. The second-order valence-electron chi connectivity index (χ2n) is 8.47. The summed E-state index contributed by atoms with van der Waals surface area (Å²) in [5, 5.41) is 11.1. The summed E-state index contributed by atoms with van der Waals surface area (Å²) in [4.78, 5) is 13.2. The van der Waals surface area contributed by atoms with E-state index in [1.807, 2.05) is 38.1 Å². The normalized spacial score (nSPS) is 17.4. The van der Waals surface area contributed by atoms with E-state index in [0.717, 1.165) is 17.5 Å². The van der Waals surface area contributed by atoms with E-state index < -0.39 is 16.1 Å². The Morgan fingerprint density at radius 2 is 2.03 bits per heavy atom. The summed E-state index contributed by atoms with van der Waals surface area (Å²) >= 11 is 0. The Bertz CT molecular complexity index is 1250.